The molecule has 0 bridgehead atoms. The van der Waals surface area contributed by atoms with Gasteiger partial charge in [0.15, 0.2) is 6.79 Å². The van der Waals surface area contributed by atoms with Crippen LogP contribution in [0.2, 0.25) is 0 Å². The minimum Gasteiger partial charge on any atom is -0.493 e. The lowest BCUT2D eigenvalue weighted by atomic mass is 10.1. The number of hydrogen-bond donors (Lipinski definition) is 1. The minimum atomic E-state index is 0.255. The molecule has 0 atom stereocenters. The molecule has 102 valence electrons. The molecule has 4 nitrogen and oxygen atoms in total. The van der Waals surface area contributed by atoms with E-state index in [0.717, 1.165) is 29.9 Å². The fourth-order valence-electron chi connectivity index (χ4n) is 1.53. The van der Waals surface area contributed by atoms with Crippen LogP contribution in [0, 0.1) is 0 Å². The Labute approximate surface area is 109 Å². The Hall–Kier alpha value is -1.26. The van der Waals surface area contributed by atoms with Crippen molar-refractivity contribution in [2.24, 2.45) is 5.73 Å². The lowest BCUT2D eigenvalue weighted by Gasteiger charge is -2.13. The Morgan fingerprint density at radius 2 is 2.00 bits per heavy atom. The van der Waals surface area contributed by atoms with Gasteiger partial charge in [-0.05, 0) is 37.9 Å². The number of nitrogens with two attached hydrogens (primary N) is 1. The van der Waals surface area contributed by atoms with Crippen molar-refractivity contribution < 1.29 is 14.2 Å². The molecule has 0 saturated heterocycles. The van der Waals surface area contributed by atoms with E-state index >= 15 is 0 Å². The van der Waals surface area contributed by atoms with Gasteiger partial charge in [-0.1, -0.05) is 13.0 Å². The third-order valence-corrected chi connectivity index (χ3v) is 2.43. The summed E-state index contributed by atoms with van der Waals surface area (Å²) in [4.78, 5) is 0. The third kappa shape index (κ3) is 4.94. The van der Waals surface area contributed by atoms with Crippen LogP contribution in [0.3, 0.4) is 0 Å². The number of benzene rings is 1. The third-order valence-electron chi connectivity index (χ3n) is 2.43. The molecule has 0 heterocycles. The Bertz CT molecular complexity index is 342. The molecular formula is C14H23NO3. The molecule has 0 saturated carbocycles. The second-order valence-electron chi connectivity index (χ2n) is 3.91. The molecule has 4 heteroatoms. The second-order valence-corrected chi connectivity index (χ2v) is 3.91. The first-order valence-electron chi connectivity index (χ1n) is 6.48. The molecule has 0 spiro atoms. The SMILES string of the molecule is CCCOc1ccc(CCN)c(OCOCC)c1. The lowest BCUT2D eigenvalue weighted by Crippen LogP contribution is -2.08. The van der Waals surface area contributed by atoms with Crippen LogP contribution in [0.4, 0.5) is 0 Å². The predicted molar refractivity (Wildman–Crippen MR) is 72.1 cm³/mol. The molecule has 0 fully saturated rings. The monoisotopic (exact) mass is 253 g/mol. The van der Waals surface area contributed by atoms with Gasteiger partial charge in [0.2, 0.25) is 0 Å². The van der Waals surface area contributed by atoms with Gasteiger partial charge in [-0.3, -0.25) is 0 Å². The normalized spacial score (nSPS) is 10.4. The summed E-state index contributed by atoms with van der Waals surface area (Å²) < 4.78 is 16.4. The molecule has 0 aliphatic heterocycles. The first kappa shape index (κ1) is 14.8. The zero-order valence-corrected chi connectivity index (χ0v) is 11.3. The molecule has 0 aliphatic carbocycles. The first-order valence-corrected chi connectivity index (χ1v) is 6.48. The van der Waals surface area contributed by atoms with E-state index in [1.54, 1.807) is 0 Å². The minimum absolute atomic E-state index is 0.255. The van der Waals surface area contributed by atoms with Crippen LogP contribution in [0.1, 0.15) is 25.8 Å². The Morgan fingerprint density at radius 1 is 1.17 bits per heavy atom. The number of rotatable bonds is 9. The van der Waals surface area contributed by atoms with E-state index in [-0.39, 0.29) is 6.79 Å². The summed E-state index contributed by atoms with van der Waals surface area (Å²) in [5.41, 5.74) is 6.67. The molecule has 2 N–H and O–H groups in total. The summed E-state index contributed by atoms with van der Waals surface area (Å²) in [6.07, 6.45) is 1.77. The lowest BCUT2D eigenvalue weighted by molar-refractivity contribution is 0.0217. The summed E-state index contributed by atoms with van der Waals surface area (Å²) in [5, 5.41) is 0. The van der Waals surface area contributed by atoms with Gasteiger partial charge < -0.3 is 19.9 Å². The van der Waals surface area contributed by atoms with Crippen LogP contribution >= 0.6 is 0 Å². The summed E-state index contributed by atoms with van der Waals surface area (Å²) in [6, 6.07) is 5.85. The van der Waals surface area contributed by atoms with Gasteiger partial charge in [0.05, 0.1) is 6.61 Å². The molecule has 0 aliphatic rings. The first-order chi connectivity index (χ1) is 8.81. The Balaban J connectivity index is 2.71. The van der Waals surface area contributed by atoms with Crippen molar-refractivity contribution in [3.63, 3.8) is 0 Å². The average molecular weight is 253 g/mol. The topological polar surface area (TPSA) is 53.7 Å². The summed E-state index contributed by atoms with van der Waals surface area (Å²) >= 11 is 0. The van der Waals surface area contributed by atoms with Gasteiger partial charge in [-0.25, -0.2) is 0 Å². The van der Waals surface area contributed by atoms with Crippen molar-refractivity contribution in [2.75, 3.05) is 26.6 Å². The van der Waals surface area contributed by atoms with Crippen molar-refractivity contribution in [3.05, 3.63) is 23.8 Å². The Morgan fingerprint density at radius 3 is 2.67 bits per heavy atom. The van der Waals surface area contributed by atoms with Crippen molar-refractivity contribution in [3.8, 4) is 11.5 Å². The molecule has 1 aromatic rings. The van der Waals surface area contributed by atoms with Gasteiger partial charge >= 0.3 is 0 Å². The molecule has 1 rings (SSSR count). The Kier molecular flexibility index (Phi) is 7.22. The van der Waals surface area contributed by atoms with Crippen LogP contribution in [-0.2, 0) is 11.2 Å². The maximum absolute atomic E-state index is 5.59. The van der Waals surface area contributed by atoms with Gasteiger partial charge in [0.1, 0.15) is 11.5 Å². The van der Waals surface area contributed by atoms with Crippen molar-refractivity contribution in [1.82, 2.24) is 0 Å². The maximum atomic E-state index is 5.59. The van der Waals surface area contributed by atoms with E-state index in [2.05, 4.69) is 6.92 Å². The number of hydrogen-bond acceptors (Lipinski definition) is 4. The molecule has 18 heavy (non-hydrogen) atoms. The van der Waals surface area contributed by atoms with Gasteiger partial charge in [0.25, 0.3) is 0 Å². The summed E-state index contributed by atoms with van der Waals surface area (Å²) in [7, 11) is 0. The smallest absolute Gasteiger partial charge is 0.189 e. The quantitative estimate of drug-likeness (QED) is 0.542. The highest BCUT2D eigenvalue weighted by atomic mass is 16.7. The van der Waals surface area contributed by atoms with Crippen LogP contribution in [-0.4, -0.2) is 26.6 Å². The van der Waals surface area contributed by atoms with E-state index in [4.69, 9.17) is 19.9 Å². The number of ether oxygens (including phenoxy) is 3. The van der Waals surface area contributed by atoms with Crippen LogP contribution in [0.5, 0.6) is 11.5 Å². The molecule has 0 radical (unpaired) electrons. The molecular weight excluding hydrogens is 230 g/mol. The highest BCUT2D eigenvalue weighted by molar-refractivity contribution is 5.41. The van der Waals surface area contributed by atoms with Crippen molar-refractivity contribution in [1.29, 1.82) is 0 Å². The molecule has 1 aromatic carbocycles. The average Bonchev–Trinajstić information content (AvgIpc) is 2.39. The van der Waals surface area contributed by atoms with Gasteiger partial charge in [-0.15, -0.1) is 0 Å². The van der Waals surface area contributed by atoms with E-state index in [9.17, 15) is 0 Å². The van der Waals surface area contributed by atoms with Crippen molar-refractivity contribution in [2.45, 2.75) is 26.7 Å². The van der Waals surface area contributed by atoms with E-state index in [1.165, 1.54) is 0 Å². The van der Waals surface area contributed by atoms with Crippen molar-refractivity contribution >= 4 is 0 Å². The maximum Gasteiger partial charge on any atom is 0.189 e. The summed E-state index contributed by atoms with van der Waals surface area (Å²) in [6.45, 7) is 6.21. The fraction of sp³-hybridized carbons (Fsp3) is 0.571. The largest absolute Gasteiger partial charge is 0.493 e. The van der Waals surface area contributed by atoms with E-state index in [0.29, 0.717) is 19.8 Å². The molecule has 0 amide bonds. The zero-order valence-electron chi connectivity index (χ0n) is 11.3. The second kappa shape index (κ2) is 8.78. The summed E-state index contributed by atoms with van der Waals surface area (Å²) in [5.74, 6) is 1.62. The predicted octanol–water partition coefficient (Wildman–Crippen LogP) is 2.35. The van der Waals surface area contributed by atoms with E-state index in [1.807, 2.05) is 25.1 Å². The standard InChI is InChI=1S/C14H23NO3/c1-3-9-17-13-6-5-12(7-8-15)14(10-13)18-11-16-4-2/h5-6,10H,3-4,7-9,11,15H2,1-2H3. The molecule has 0 aromatic heterocycles. The van der Waals surface area contributed by atoms with Crippen LogP contribution in [0.25, 0.3) is 0 Å². The van der Waals surface area contributed by atoms with Gasteiger partial charge in [-0.2, -0.15) is 0 Å². The van der Waals surface area contributed by atoms with Crippen LogP contribution in [0.15, 0.2) is 18.2 Å². The van der Waals surface area contributed by atoms with Crippen LogP contribution < -0.4 is 15.2 Å². The highest BCUT2D eigenvalue weighted by Crippen LogP contribution is 2.25. The zero-order chi connectivity index (χ0) is 13.2. The van der Waals surface area contributed by atoms with Gasteiger partial charge in [0, 0.05) is 12.7 Å². The molecule has 0 unspecified atom stereocenters. The highest BCUT2D eigenvalue weighted by Gasteiger charge is 2.05. The fourth-order valence-corrected chi connectivity index (χ4v) is 1.53. The van der Waals surface area contributed by atoms with E-state index < -0.39 is 0 Å².